The summed E-state index contributed by atoms with van der Waals surface area (Å²) < 4.78 is 2.09. The predicted octanol–water partition coefficient (Wildman–Crippen LogP) is 2.30. The van der Waals surface area contributed by atoms with Crippen molar-refractivity contribution in [2.75, 3.05) is 0 Å². The van der Waals surface area contributed by atoms with Gasteiger partial charge in [-0.05, 0) is 26.2 Å². The molecule has 1 fully saturated rings. The molecule has 1 aromatic rings. The molecular formula is C12H18N2O. The number of rotatable bonds is 5. The quantitative estimate of drug-likeness (QED) is 0.741. The SMILES string of the molecule is CCCn1ncc(CC(C)=O)c1C1CC1. The van der Waals surface area contributed by atoms with E-state index in [-0.39, 0.29) is 5.78 Å². The Labute approximate surface area is 90.5 Å². The van der Waals surface area contributed by atoms with E-state index in [2.05, 4.69) is 16.7 Å². The molecule has 1 aliphatic carbocycles. The molecule has 0 atom stereocenters. The first-order valence-corrected chi connectivity index (χ1v) is 5.76. The summed E-state index contributed by atoms with van der Waals surface area (Å²) in [5.74, 6) is 0.904. The van der Waals surface area contributed by atoms with E-state index in [4.69, 9.17) is 0 Å². The first kappa shape index (κ1) is 10.4. The second-order valence-electron chi connectivity index (χ2n) is 4.43. The van der Waals surface area contributed by atoms with Gasteiger partial charge in [-0.15, -0.1) is 0 Å². The van der Waals surface area contributed by atoms with Crippen LogP contribution in [0.15, 0.2) is 6.20 Å². The van der Waals surface area contributed by atoms with Crippen molar-refractivity contribution in [3.63, 3.8) is 0 Å². The Kier molecular flexibility index (Phi) is 2.89. The van der Waals surface area contributed by atoms with E-state index in [1.165, 1.54) is 18.5 Å². The Morgan fingerprint density at radius 2 is 2.33 bits per heavy atom. The Morgan fingerprint density at radius 1 is 1.60 bits per heavy atom. The molecule has 0 bridgehead atoms. The topological polar surface area (TPSA) is 34.9 Å². The number of hydrogen-bond donors (Lipinski definition) is 0. The van der Waals surface area contributed by atoms with E-state index < -0.39 is 0 Å². The second kappa shape index (κ2) is 4.17. The largest absolute Gasteiger partial charge is 0.300 e. The summed E-state index contributed by atoms with van der Waals surface area (Å²) in [7, 11) is 0. The summed E-state index contributed by atoms with van der Waals surface area (Å²) in [6.07, 6.45) is 6.06. The lowest BCUT2D eigenvalue weighted by Crippen LogP contribution is -2.06. The Bertz CT molecular complexity index is 364. The van der Waals surface area contributed by atoms with Crippen molar-refractivity contribution in [2.24, 2.45) is 0 Å². The predicted molar refractivity (Wildman–Crippen MR) is 58.9 cm³/mol. The first-order chi connectivity index (χ1) is 7.22. The summed E-state index contributed by atoms with van der Waals surface area (Å²) in [4.78, 5) is 11.1. The molecule has 0 radical (unpaired) electrons. The van der Waals surface area contributed by atoms with Crippen molar-refractivity contribution in [3.05, 3.63) is 17.5 Å². The normalized spacial score (nSPS) is 15.6. The van der Waals surface area contributed by atoms with Crippen LogP contribution in [0.5, 0.6) is 0 Å². The van der Waals surface area contributed by atoms with Crippen LogP contribution in [-0.2, 0) is 17.8 Å². The number of aryl methyl sites for hydroxylation is 1. The summed E-state index contributed by atoms with van der Waals surface area (Å²) in [6, 6.07) is 0. The van der Waals surface area contributed by atoms with E-state index in [0.29, 0.717) is 12.3 Å². The molecule has 0 unspecified atom stereocenters. The van der Waals surface area contributed by atoms with E-state index in [9.17, 15) is 4.79 Å². The molecule has 1 saturated carbocycles. The smallest absolute Gasteiger partial charge is 0.134 e. The van der Waals surface area contributed by atoms with Crippen molar-refractivity contribution < 1.29 is 4.79 Å². The maximum absolute atomic E-state index is 11.1. The monoisotopic (exact) mass is 206 g/mol. The fraction of sp³-hybridized carbons (Fsp3) is 0.667. The van der Waals surface area contributed by atoms with E-state index in [1.54, 1.807) is 6.92 Å². The minimum absolute atomic E-state index is 0.230. The van der Waals surface area contributed by atoms with Crippen LogP contribution in [0.1, 0.15) is 50.3 Å². The van der Waals surface area contributed by atoms with Crippen LogP contribution in [0, 0.1) is 0 Å². The van der Waals surface area contributed by atoms with E-state index in [0.717, 1.165) is 18.5 Å². The van der Waals surface area contributed by atoms with E-state index >= 15 is 0 Å². The number of aromatic nitrogens is 2. The highest BCUT2D eigenvalue weighted by atomic mass is 16.1. The van der Waals surface area contributed by atoms with Crippen molar-refractivity contribution in [2.45, 2.75) is 52.0 Å². The van der Waals surface area contributed by atoms with E-state index in [1.807, 2.05) is 6.20 Å². The molecule has 0 aromatic carbocycles. The van der Waals surface area contributed by atoms with Gasteiger partial charge in [0.1, 0.15) is 5.78 Å². The zero-order valence-electron chi connectivity index (χ0n) is 9.49. The molecule has 0 saturated heterocycles. The van der Waals surface area contributed by atoms with Gasteiger partial charge in [-0.3, -0.25) is 9.48 Å². The fourth-order valence-electron chi connectivity index (χ4n) is 2.06. The van der Waals surface area contributed by atoms with Gasteiger partial charge in [0, 0.05) is 30.1 Å². The molecule has 2 rings (SSSR count). The van der Waals surface area contributed by atoms with Crippen LogP contribution in [0.2, 0.25) is 0 Å². The number of carbonyl (C=O) groups is 1. The third-order valence-electron chi connectivity index (χ3n) is 2.80. The fourth-order valence-corrected chi connectivity index (χ4v) is 2.06. The highest BCUT2D eigenvalue weighted by molar-refractivity contribution is 5.78. The average molecular weight is 206 g/mol. The minimum atomic E-state index is 0.230. The number of ketones is 1. The number of hydrogen-bond acceptors (Lipinski definition) is 2. The lowest BCUT2D eigenvalue weighted by Gasteiger charge is -2.06. The van der Waals surface area contributed by atoms with Crippen molar-refractivity contribution in [1.82, 2.24) is 9.78 Å². The molecule has 0 amide bonds. The Balaban J connectivity index is 2.24. The number of nitrogens with zero attached hydrogens (tertiary/aromatic N) is 2. The third-order valence-corrected chi connectivity index (χ3v) is 2.80. The van der Waals surface area contributed by atoms with Gasteiger partial charge in [-0.2, -0.15) is 5.10 Å². The van der Waals surface area contributed by atoms with Crippen molar-refractivity contribution in [1.29, 1.82) is 0 Å². The molecule has 3 nitrogen and oxygen atoms in total. The van der Waals surface area contributed by atoms with Gasteiger partial charge >= 0.3 is 0 Å². The molecule has 0 spiro atoms. The summed E-state index contributed by atoms with van der Waals surface area (Å²) in [5.41, 5.74) is 2.48. The second-order valence-corrected chi connectivity index (χ2v) is 4.43. The van der Waals surface area contributed by atoms with Gasteiger partial charge in [0.15, 0.2) is 0 Å². The molecule has 0 N–H and O–H groups in total. The van der Waals surface area contributed by atoms with Crippen LogP contribution in [0.4, 0.5) is 0 Å². The molecule has 1 aromatic heterocycles. The van der Waals surface area contributed by atoms with Crippen LogP contribution < -0.4 is 0 Å². The summed E-state index contributed by atoms with van der Waals surface area (Å²) in [5, 5.41) is 4.38. The maximum atomic E-state index is 11.1. The standard InChI is InChI=1S/C12H18N2O/c1-3-6-14-12(10-4-5-10)11(8-13-14)7-9(2)15/h8,10H,3-7H2,1-2H3. The highest BCUT2D eigenvalue weighted by Gasteiger charge is 2.30. The van der Waals surface area contributed by atoms with Gasteiger partial charge in [0.05, 0.1) is 6.20 Å². The molecular weight excluding hydrogens is 188 g/mol. The van der Waals surface area contributed by atoms with Gasteiger partial charge in [-0.25, -0.2) is 0 Å². The number of Topliss-reactive ketones (excluding diaryl/α,β-unsaturated/α-hetero) is 1. The molecule has 15 heavy (non-hydrogen) atoms. The third kappa shape index (κ3) is 2.28. The summed E-state index contributed by atoms with van der Waals surface area (Å²) >= 11 is 0. The van der Waals surface area contributed by atoms with Gasteiger partial charge in [-0.1, -0.05) is 6.92 Å². The molecule has 82 valence electrons. The zero-order valence-corrected chi connectivity index (χ0v) is 9.49. The molecule has 3 heteroatoms. The zero-order chi connectivity index (χ0) is 10.8. The van der Waals surface area contributed by atoms with Crippen molar-refractivity contribution >= 4 is 5.78 Å². The maximum Gasteiger partial charge on any atom is 0.134 e. The van der Waals surface area contributed by atoms with Crippen LogP contribution in [-0.4, -0.2) is 15.6 Å². The van der Waals surface area contributed by atoms with Crippen molar-refractivity contribution in [3.8, 4) is 0 Å². The molecule has 0 aliphatic heterocycles. The highest BCUT2D eigenvalue weighted by Crippen LogP contribution is 2.41. The van der Waals surface area contributed by atoms with Crippen LogP contribution >= 0.6 is 0 Å². The van der Waals surface area contributed by atoms with Crippen LogP contribution in [0.3, 0.4) is 0 Å². The molecule has 1 aliphatic rings. The lowest BCUT2D eigenvalue weighted by atomic mass is 10.1. The average Bonchev–Trinajstić information content (AvgIpc) is 2.92. The molecule has 1 heterocycles. The Hall–Kier alpha value is -1.12. The summed E-state index contributed by atoms with van der Waals surface area (Å²) in [6.45, 7) is 4.78. The van der Waals surface area contributed by atoms with Gasteiger partial charge in [0.2, 0.25) is 0 Å². The Morgan fingerprint density at radius 3 is 2.87 bits per heavy atom. The van der Waals surface area contributed by atoms with Gasteiger partial charge in [0.25, 0.3) is 0 Å². The first-order valence-electron chi connectivity index (χ1n) is 5.76. The number of carbonyl (C=O) groups excluding carboxylic acids is 1. The van der Waals surface area contributed by atoms with Crippen LogP contribution in [0.25, 0.3) is 0 Å². The van der Waals surface area contributed by atoms with Gasteiger partial charge < -0.3 is 0 Å². The lowest BCUT2D eigenvalue weighted by molar-refractivity contribution is -0.116. The minimum Gasteiger partial charge on any atom is -0.300 e.